The Hall–Kier alpha value is -3.37. The lowest BCUT2D eigenvalue weighted by Crippen LogP contribution is -2.18. The van der Waals surface area contributed by atoms with E-state index in [0.717, 1.165) is 7.11 Å². The van der Waals surface area contributed by atoms with Crippen LogP contribution in [0.1, 0.15) is 29.8 Å². The molecule has 1 unspecified atom stereocenters. The highest BCUT2D eigenvalue weighted by Gasteiger charge is 2.22. The average Bonchev–Trinajstić information content (AvgIpc) is 3.13. The molecule has 0 aliphatic carbocycles. The number of esters is 1. The van der Waals surface area contributed by atoms with E-state index in [2.05, 4.69) is 15.2 Å². The molecule has 180 valence electrons. The second-order valence-corrected chi connectivity index (χ2v) is 9.94. The summed E-state index contributed by atoms with van der Waals surface area (Å²) < 4.78 is 39.5. The third kappa shape index (κ3) is 6.36. The van der Waals surface area contributed by atoms with Crippen molar-refractivity contribution in [2.75, 3.05) is 18.2 Å². The highest BCUT2D eigenvalue weighted by atomic mass is 35.5. The maximum Gasteiger partial charge on any atom is 0.412 e. The Morgan fingerprint density at radius 1 is 1.15 bits per heavy atom. The summed E-state index contributed by atoms with van der Waals surface area (Å²) in [6.45, 7) is 3.36. The van der Waals surface area contributed by atoms with E-state index in [4.69, 9.17) is 20.9 Å². The number of nitrogens with zero attached hydrogens (tertiary/aromatic N) is 1. The van der Waals surface area contributed by atoms with Crippen LogP contribution in [0.3, 0.4) is 0 Å². The summed E-state index contributed by atoms with van der Waals surface area (Å²) in [7, 11) is -2.54. The van der Waals surface area contributed by atoms with Gasteiger partial charge in [0, 0.05) is 16.1 Å². The second kappa shape index (κ2) is 10.7. The Morgan fingerprint density at radius 2 is 1.82 bits per heavy atom. The summed E-state index contributed by atoms with van der Waals surface area (Å²) in [5.41, 5.74) is 2.46. The number of carbonyl (C=O) groups is 2. The number of nitrogens with one attached hydrogen (secondary N) is 1. The first kappa shape index (κ1) is 25.3. The van der Waals surface area contributed by atoms with Crippen LogP contribution in [-0.4, -0.2) is 38.5 Å². The van der Waals surface area contributed by atoms with Gasteiger partial charge in [0.1, 0.15) is 23.2 Å². The Bertz CT molecular complexity index is 1290. The number of benzene rings is 2. The molecule has 1 aromatic heterocycles. The van der Waals surface area contributed by atoms with Crippen LogP contribution in [0, 0.1) is 6.92 Å². The maximum absolute atomic E-state index is 12.5. The number of carbonyl (C=O) groups excluding carboxylic acids is 2. The first-order valence-corrected chi connectivity index (χ1v) is 12.3. The minimum atomic E-state index is -3.67. The van der Waals surface area contributed by atoms with Gasteiger partial charge in [-0.3, -0.25) is 10.1 Å². The van der Waals surface area contributed by atoms with Crippen molar-refractivity contribution < 1.29 is 32.0 Å². The molecular weight excluding hydrogens is 484 g/mol. The largest absolute Gasteiger partial charge is 0.468 e. The Balaban J connectivity index is 1.72. The number of aryl methyl sites for hydroxylation is 1. The first-order chi connectivity index (χ1) is 16.1. The Morgan fingerprint density at radius 3 is 2.47 bits per heavy atom. The minimum Gasteiger partial charge on any atom is -0.468 e. The van der Waals surface area contributed by atoms with Gasteiger partial charge >= 0.3 is 12.1 Å². The molecule has 1 atom stereocenters. The van der Waals surface area contributed by atoms with Gasteiger partial charge in [-0.05, 0) is 25.5 Å². The zero-order valence-electron chi connectivity index (χ0n) is 18.7. The number of methoxy groups -OCH3 is 1. The molecule has 3 aromatic rings. The van der Waals surface area contributed by atoms with Crippen LogP contribution in [-0.2, 0) is 29.9 Å². The molecule has 0 aliphatic rings. The van der Waals surface area contributed by atoms with Crippen LogP contribution in [0.2, 0.25) is 5.02 Å². The van der Waals surface area contributed by atoms with Crippen LogP contribution in [0.5, 0.6) is 0 Å². The van der Waals surface area contributed by atoms with Gasteiger partial charge in [0.25, 0.3) is 0 Å². The number of anilines is 1. The topological polar surface area (TPSA) is 125 Å². The lowest BCUT2D eigenvalue weighted by atomic mass is 10.1. The summed E-state index contributed by atoms with van der Waals surface area (Å²) >= 11 is 6.16. The van der Waals surface area contributed by atoms with Crippen molar-refractivity contribution in [2.45, 2.75) is 25.7 Å². The van der Waals surface area contributed by atoms with Crippen LogP contribution in [0.15, 0.2) is 53.1 Å². The molecular formula is C23H23ClN2O7S. The number of sulfone groups is 1. The molecule has 34 heavy (non-hydrogen) atoms. The molecule has 0 fully saturated rings. The Labute approximate surface area is 201 Å². The van der Waals surface area contributed by atoms with Gasteiger partial charge in [-0.25, -0.2) is 13.2 Å². The summed E-state index contributed by atoms with van der Waals surface area (Å²) in [6, 6.07) is 13.5. The summed E-state index contributed by atoms with van der Waals surface area (Å²) in [5, 5.41) is 7.04. The van der Waals surface area contributed by atoms with E-state index in [9.17, 15) is 18.0 Å². The molecule has 1 heterocycles. The van der Waals surface area contributed by atoms with Crippen molar-refractivity contribution in [3.05, 3.63) is 70.4 Å². The molecule has 1 amide bonds. The lowest BCUT2D eigenvalue weighted by molar-refractivity contribution is -0.137. The predicted molar refractivity (Wildman–Crippen MR) is 126 cm³/mol. The van der Waals surface area contributed by atoms with Crippen molar-refractivity contribution in [3.8, 4) is 11.3 Å². The fourth-order valence-electron chi connectivity index (χ4n) is 3.17. The van der Waals surface area contributed by atoms with Crippen molar-refractivity contribution in [3.63, 3.8) is 0 Å². The molecule has 3 rings (SSSR count). The number of hydrogen-bond acceptors (Lipinski definition) is 8. The van der Waals surface area contributed by atoms with Crippen molar-refractivity contribution in [1.82, 2.24) is 5.16 Å². The quantitative estimate of drug-likeness (QED) is 0.436. The molecule has 0 bridgehead atoms. The first-order valence-electron chi connectivity index (χ1n) is 10.1. The molecule has 9 nitrogen and oxygen atoms in total. The number of halogens is 1. The third-order valence-corrected chi connectivity index (χ3v) is 6.68. The SMILES string of the molecule is COC(=O)CS(=O)(=O)Cc1ccc(-c2onc(C)c2NC(=O)OC(C)c2ccccc2Cl)cc1. The highest BCUT2D eigenvalue weighted by molar-refractivity contribution is 7.91. The molecule has 0 spiro atoms. The van der Waals surface area contributed by atoms with Gasteiger partial charge in [0.2, 0.25) is 0 Å². The van der Waals surface area contributed by atoms with Crippen LogP contribution in [0.4, 0.5) is 10.5 Å². The van der Waals surface area contributed by atoms with Crippen molar-refractivity contribution in [1.29, 1.82) is 0 Å². The summed E-state index contributed by atoms with van der Waals surface area (Å²) in [4.78, 5) is 23.8. The fourth-order valence-corrected chi connectivity index (χ4v) is 4.74. The molecule has 0 saturated heterocycles. The van der Waals surface area contributed by atoms with Gasteiger partial charge in [-0.2, -0.15) is 0 Å². The van der Waals surface area contributed by atoms with E-state index in [1.807, 2.05) is 0 Å². The summed E-state index contributed by atoms with van der Waals surface area (Å²) in [5.74, 6) is -1.56. The lowest BCUT2D eigenvalue weighted by Gasteiger charge is -2.15. The smallest absolute Gasteiger partial charge is 0.412 e. The van der Waals surface area contributed by atoms with E-state index in [1.54, 1.807) is 62.4 Å². The number of hydrogen-bond donors (Lipinski definition) is 1. The molecule has 11 heteroatoms. The third-order valence-electron chi connectivity index (χ3n) is 4.88. The van der Waals surface area contributed by atoms with Crippen LogP contribution < -0.4 is 5.32 Å². The fraction of sp³-hybridized carbons (Fsp3) is 0.261. The van der Waals surface area contributed by atoms with Gasteiger partial charge in [0.05, 0.1) is 12.9 Å². The molecule has 2 aromatic carbocycles. The zero-order valence-corrected chi connectivity index (χ0v) is 20.3. The second-order valence-electron chi connectivity index (χ2n) is 7.47. The number of aromatic nitrogens is 1. The molecule has 0 radical (unpaired) electrons. The number of rotatable bonds is 8. The maximum atomic E-state index is 12.5. The normalized spacial score (nSPS) is 12.1. The Kier molecular flexibility index (Phi) is 7.95. The molecule has 1 N–H and O–H groups in total. The molecule has 0 saturated carbocycles. The average molecular weight is 507 g/mol. The van der Waals surface area contributed by atoms with Crippen LogP contribution >= 0.6 is 11.6 Å². The summed E-state index contributed by atoms with van der Waals surface area (Å²) in [6.07, 6.45) is -1.31. The number of amides is 1. The molecule has 0 aliphatic heterocycles. The monoisotopic (exact) mass is 506 g/mol. The van der Waals surface area contributed by atoms with Gasteiger partial charge in [-0.1, -0.05) is 59.2 Å². The van der Waals surface area contributed by atoms with E-state index < -0.39 is 33.8 Å². The predicted octanol–water partition coefficient (Wildman–Crippen LogP) is 4.70. The van der Waals surface area contributed by atoms with Gasteiger partial charge in [-0.15, -0.1) is 0 Å². The highest BCUT2D eigenvalue weighted by Crippen LogP contribution is 2.32. The van der Waals surface area contributed by atoms with E-state index in [0.29, 0.717) is 33.1 Å². The number of ether oxygens (including phenoxy) is 2. The minimum absolute atomic E-state index is 0.281. The zero-order chi connectivity index (χ0) is 24.9. The van der Waals surface area contributed by atoms with E-state index in [-0.39, 0.29) is 11.5 Å². The van der Waals surface area contributed by atoms with Gasteiger partial charge in [0.15, 0.2) is 15.6 Å². The van der Waals surface area contributed by atoms with Crippen molar-refractivity contribution >= 4 is 39.2 Å². The standard InChI is InChI=1S/C23H23ClN2O7S/c1-14-21(25-23(28)32-15(2)18-6-4-5-7-19(18)24)22(33-26-14)17-10-8-16(9-11-17)12-34(29,30)13-20(27)31-3/h4-11,15H,12-13H2,1-3H3,(H,25,28). The van der Waals surface area contributed by atoms with Gasteiger partial charge < -0.3 is 14.0 Å². The van der Waals surface area contributed by atoms with E-state index in [1.165, 1.54) is 0 Å². The van der Waals surface area contributed by atoms with Crippen molar-refractivity contribution in [2.24, 2.45) is 0 Å². The van der Waals surface area contributed by atoms with E-state index >= 15 is 0 Å². The van der Waals surface area contributed by atoms with Crippen LogP contribution in [0.25, 0.3) is 11.3 Å².